The first-order chi connectivity index (χ1) is 20.1. The maximum Gasteiger partial charge on any atom is 0.160 e. The first-order valence-electron chi connectivity index (χ1n) is 14.2. The molecule has 2 heterocycles. The summed E-state index contributed by atoms with van der Waals surface area (Å²) in [5.74, 6) is 1.04. The molecule has 0 aliphatic carbocycles. The Morgan fingerprint density at radius 1 is 0.756 bits per heavy atom. The van der Waals surface area contributed by atoms with Crippen LogP contribution in [0.25, 0.3) is 55.7 Å². The lowest BCUT2D eigenvalue weighted by Crippen LogP contribution is -2.03. The van der Waals surface area contributed by atoms with E-state index in [9.17, 15) is 0 Å². The van der Waals surface area contributed by atoms with Crippen molar-refractivity contribution >= 4 is 33.1 Å². The minimum Gasteiger partial charge on any atom is -0.310 e. The quantitative estimate of drug-likeness (QED) is 0.183. The molecule has 0 fully saturated rings. The van der Waals surface area contributed by atoms with Crippen LogP contribution in [0, 0.1) is 5.92 Å². The van der Waals surface area contributed by atoms with Gasteiger partial charge in [0.15, 0.2) is 5.82 Å². The molecular weight excluding hydrogens is 498 g/mol. The number of nitrogens with zero attached hydrogens (tertiary/aromatic N) is 3. The zero-order valence-corrected chi connectivity index (χ0v) is 23.5. The number of rotatable bonds is 8. The van der Waals surface area contributed by atoms with Gasteiger partial charge in [-0.2, -0.15) is 0 Å². The lowest BCUT2D eigenvalue weighted by atomic mass is 9.93. The third-order valence-electron chi connectivity index (χ3n) is 7.70. The maximum absolute atomic E-state index is 5.09. The van der Waals surface area contributed by atoms with Crippen molar-refractivity contribution in [1.29, 1.82) is 0 Å². The van der Waals surface area contributed by atoms with E-state index in [2.05, 4.69) is 122 Å². The zero-order chi connectivity index (χ0) is 28.2. The monoisotopic (exact) mass is 531 g/mol. The van der Waals surface area contributed by atoms with E-state index in [1.807, 2.05) is 36.4 Å². The summed E-state index contributed by atoms with van der Waals surface area (Å²) in [7, 11) is 0. The van der Waals surface area contributed by atoms with Crippen molar-refractivity contribution in [3.05, 3.63) is 146 Å². The predicted molar refractivity (Wildman–Crippen MR) is 174 cm³/mol. The van der Waals surface area contributed by atoms with Gasteiger partial charge in [0.1, 0.15) is 0 Å². The van der Waals surface area contributed by atoms with E-state index >= 15 is 0 Å². The normalized spacial score (nSPS) is 12.8. The summed E-state index contributed by atoms with van der Waals surface area (Å²) in [4.78, 5) is 10.1. The molecule has 0 radical (unpaired) electrons. The molecule has 6 aromatic rings. The molecule has 0 amide bonds. The lowest BCUT2D eigenvalue weighted by molar-refractivity contribution is 0.714. The van der Waals surface area contributed by atoms with Gasteiger partial charge < -0.3 is 4.57 Å². The van der Waals surface area contributed by atoms with Crippen LogP contribution >= 0.6 is 0 Å². The zero-order valence-electron chi connectivity index (χ0n) is 23.5. The van der Waals surface area contributed by atoms with Crippen LogP contribution in [0.1, 0.15) is 26.0 Å². The minimum absolute atomic E-state index is 0.309. The smallest absolute Gasteiger partial charge is 0.160 e. The van der Waals surface area contributed by atoms with Crippen molar-refractivity contribution in [1.82, 2.24) is 14.5 Å². The minimum atomic E-state index is 0.309. The summed E-state index contributed by atoms with van der Waals surface area (Å²) < 4.78 is 2.24. The highest BCUT2D eigenvalue weighted by atomic mass is 15.0. The SMILES string of the molecule is C=C(/C=C\C=C(\c1cc(-c2ccccc2)nc(-c2ccccc2)n1)C(C)CC)n1c2ccccc2c2ccccc21. The molecule has 0 saturated carbocycles. The highest BCUT2D eigenvalue weighted by molar-refractivity contribution is 6.10. The molecule has 6 rings (SSSR count). The molecule has 3 nitrogen and oxygen atoms in total. The summed E-state index contributed by atoms with van der Waals surface area (Å²) in [6.45, 7) is 8.94. The van der Waals surface area contributed by atoms with E-state index in [1.165, 1.54) is 16.3 Å². The van der Waals surface area contributed by atoms with Crippen LogP contribution < -0.4 is 0 Å². The Balaban J connectivity index is 1.43. The Kier molecular flexibility index (Phi) is 7.42. The van der Waals surface area contributed by atoms with Crippen LogP contribution in [0.4, 0.5) is 0 Å². The average molecular weight is 532 g/mol. The maximum atomic E-state index is 5.09. The lowest BCUT2D eigenvalue weighted by Gasteiger charge is -2.16. The van der Waals surface area contributed by atoms with Crippen LogP contribution in [0.5, 0.6) is 0 Å². The molecule has 4 aromatic carbocycles. The Hall–Kier alpha value is -5.02. The van der Waals surface area contributed by atoms with Crippen LogP contribution in [0.3, 0.4) is 0 Å². The second kappa shape index (κ2) is 11.6. The van der Waals surface area contributed by atoms with E-state index < -0.39 is 0 Å². The highest BCUT2D eigenvalue weighted by Crippen LogP contribution is 2.32. The van der Waals surface area contributed by atoms with Gasteiger partial charge in [0.2, 0.25) is 0 Å². The largest absolute Gasteiger partial charge is 0.310 e. The van der Waals surface area contributed by atoms with Crippen molar-refractivity contribution in [3.8, 4) is 22.6 Å². The third-order valence-corrected chi connectivity index (χ3v) is 7.70. The molecule has 0 N–H and O–H groups in total. The van der Waals surface area contributed by atoms with Gasteiger partial charge in [-0.05, 0) is 42.2 Å². The molecule has 41 heavy (non-hydrogen) atoms. The second-order valence-corrected chi connectivity index (χ2v) is 10.3. The average Bonchev–Trinajstić information content (AvgIpc) is 3.38. The van der Waals surface area contributed by atoms with Crippen molar-refractivity contribution in [2.45, 2.75) is 20.3 Å². The number of aromatic nitrogens is 3. The summed E-state index contributed by atoms with van der Waals surface area (Å²) >= 11 is 0. The Morgan fingerprint density at radius 3 is 1.93 bits per heavy atom. The number of para-hydroxylation sites is 2. The van der Waals surface area contributed by atoms with Crippen LogP contribution in [0.2, 0.25) is 0 Å². The third kappa shape index (κ3) is 5.27. The fourth-order valence-corrected chi connectivity index (χ4v) is 5.36. The molecule has 200 valence electrons. The number of hydrogen-bond donors (Lipinski definition) is 0. The van der Waals surface area contributed by atoms with Gasteiger partial charge >= 0.3 is 0 Å². The Labute approximate surface area is 241 Å². The summed E-state index contributed by atoms with van der Waals surface area (Å²) in [5, 5.41) is 2.47. The van der Waals surface area contributed by atoms with Gasteiger partial charge in [-0.25, -0.2) is 9.97 Å². The molecule has 2 aromatic heterocycles. The van der Waals surface area contributed by atoms with E-state index in [-0.39, 0.29) is 0 Å². The van der Waals surface area contributed by atoms with Gasteiger partial charge in [0, 0.05) is 27.6 Å². The topological polar surface area (TPSA) is 30.7 Å². The molecule has 3 heteroatoms. The summed E-state index contributed by atoms with van der Waals surface area (Å²) in [5.41, 5.74) is 8.35. The van der Waals surface area contributed by atoms with E-state index in [0.717, 1.165) is 51.5 Å². The summed E-state index contributed by atoms with van der Waals surface area (Å²) in [6, 6.07) is 39.7. The Morgan fingerprint density at radius 2 is 1.32 bits per heavy atom. The van der Waals surface area contributed by atoms with Gasteiger partial charge in [0.25, 0.3) is 0 Å². The van der Waals surface area contributed by atoms with E-state index in [0.29, 0.717) is 5.92 Å². The van der Waals surface area contributed by atoms with E-state index in [4.69, 9.17) is 9.97 Å². The van der Waals surface area contributed by atoms with E-state index in [1.54, 1.807) is 0 Å². The molecule has 0 spiro atoms. The van der Waals surface area contributed by atoms with Crippen molar-refractivity contribution in [2.24, 2.45) is 5.92 Å². The predicted octanol–water partition coefficient (Wildman–Crippen LogP) is 10.1. The number of benzene rings is 4. The molecule has 1 atom stereocenters. The fourth-order valence-electron chi connectivity index (χ4n) is 5.36. The first-order valence-corrected chi connectivity index (χ1v) is 14.2. The van der Waals surface area contributed by atoms with Gasteiger partial charge in [-0.1, -0.05) is 130 Å². The van der Waals surface area contributed by atoms with Crippen LogP contribution in [-0.2, 0) is 0 Å². The first kappa shape index (κ1) is 26.2. The number of allylic oxidation sites excluding steroid dienone is 5. The van der Waals surface area contributed by atoms with Gasteiger partial charge in [-0.15, -0.1) is 0 Å². The number of fused-ring (bicyclic) bond motifs is 3. The molecule has 0 aliphatic heterocycles. The molecule has 0 saturated heterocycles. The Bertz CT molecular complexity index is 1780. The standard InChI is InChI=1S/C38H33N3/c1-4-27(2)31(23-15-16-28(3)41-36-24-13-11-21-32(36)33-22-12-14-25-37(33)41)35-26-34(29-17-7-5-8-18-29)39-38(40-35)30-19-9-6-10-20-30/h5-27H,3-4H2,1-2H3/b16-15-,31-23+. The second-order valence-electron chi connectivity index (χ2n) is 10.3. The van der Waals surface area contributed by atoms with Gasteiger partial charge in [-0.3, -0.25) is 0 Å². The molecular formula is C38H33N3. The fraction of sp³-hybridized carbons (Fsp3) is 0.105. The van der Waals surface area contributed by atoms with Gasteiger partial charge in [0.05, 0.1) is 22.4 Å². The summed E-state index contributed by atoms with van der Waals surface area (Å²) in [6.07, 6.45) is 7.40. The molecule has 0 bridgehead atoms. The van der Waals surface area contributed by atoms with Crippen LogP contribution in [0.15, 0.2) is 140 Å². The highest BCUT2D eigenvalue weighted by Gasteiger charge is 2.16. The van der Waals surface area contributed by atoms with Crippen molar-refractivity contribution in [2.75, 3.05) is 0 Å². The van der Waals surface area contributed by atoms with Crippen molar-refractivity contribution < 1.29 is 0 Å². The molecule has 1 unspecified atom stereocenters. The van der Waals surface area contributed by atoms with Crippen molar-refractivity contribution in [3.63, 3.8) is 0 Å². The molecule has 0 aliphatic rings. The van der Waals surface area contributed by atoms with Crippen LogP contribution in [-0.4, -0.2) is 14.5 Å². The number of hydrogen-bond acceptors (Lipinski definition) is 2.